The van der Waals surface area contributed by atoms with Crippen LogP contribution in [0.15, 0.2) is 64.0 Å². The van der Waals surface area contributed by atoms with E-state index in [0.29, 0.717) is 36.5 Å². The van der Waals surface area contributed by atoms with Gasteiger partial charge in [0.05, 0.1) is 6.26 Å². The molecule has 1 amide bonds. The van der Waals surface area contributed by atoms with Crippen LogP contribution in [-0.4, -0.2) is 22.2 Å². The predicted molar refractivity (Wildman–Crippen MR) is 89.5 cm³/mol. The minimum Gasteiger partial charge on any atom is -0.463 e. The van der Waals surface area contributed by atoms with Crippen LogP contribution in [0.5, 0.6) is 0 Å². The van der Waals surface area contributed by atoms with Gasteiger partial charge in [0.25, 0.3) is 11.5 Å². The Bertz CT molecular complexity index is 902. The number of benzene rings is 1. The number of hydrogen-bond acceptors (Lipinski definition) is 4. The molecule has 0 spiro atoms. The van der Waals surface area contributed by atoms with E-state index in [9.17, 15) is 14.0 Å². The Labute approximate surface area is 142 Å². The molecule has 0 saturated heterocycles. The van der Waals surface area contributed by atoms with E-state index >= 15 is 0 Å². The fourth-order valence-corrected chi connectivity index (χ4v) is 2.30. The monoisotopic (exact) mass is 341 g/mol. The van der Waals surface area contributed by atoms with Gasteiger partial charge in [-0.1, -0.05) is 0 Å². The summed E-state index contributed by atoms with van der Waals surface area (Å²) in [6.45, 7) is 0.729. The van der Waals surface area contributed by atoms with E-state index in [1.54, 1.807) is 18.2 Å². The molecule has 2 heterocycles. The first-order valence-electron chi connectivity index (χ1n) is 7.79. The number of nitrogens with one attached hydrogen (secondary N) is 1. The highest BCUT2D eigenvalue weighted by Gasteiger charge is 2.07. The van der Waals surface area contributed by atoms with Crippen LogP contribution in [0.4, 0.5) is 4.39 Å². The van der Waals surface area contributed by atoms with Gasteiger partial charge < -0.3 is 9.73 Å². The van der Waals surface area contributed by atoms with Gasteiger partial charge in [0.2, 0.25) is 0 Å². The summed E-state index contributed by atoms with van der Waals surface area (Å²) in [5.74, 6) is -0.0959. The predicted octanol–water partition coefficient (Wildman–Crippen LogP) is 2.46. The van der Waals surface area contributed by atoms with E-state index in [0.717, 1.165) is 0 Å². The normalized spacial score (nSPS) is 10.6. The number of hydrogen-bond donors (Lipinski definition) is 1. The van der Waals surface area contributed by atoms with Crippen molar-refractivity contribution in [3.63, 3.8) is 0 Å². The maximum atomic E-state index is 12.8. The molecule has 128 valence electrons. The van der Waals surface area contributed by atoms with Crippen molar-refractivity contribution in [2.75, 3.05) is 6.54 Å². The molecule has 2 aromatic heterocycles. The lowest BCUT2D eigenvalue weighted by Gasteiger charge is -2.07. The van der Waals surface area contributed by atoms with Gasteiger partial charge in [0.15, 0.2) is 5.76 Å². The highest BCUT2D eigenvalue weighted by Crippen LogP contribution is 2.15. The molecular weight excluding hydrogens is 325 g/mol. The van der Waals surface area contributed by atoms with Crippen LogP contribution in [0.1, 0.15) is 16.8 Å². The Kier molecular flexibility index (Phi) is 5.03. The Morgan fingerprint density at radius 2 is 1.96 bits per heavy atom. The minimum absolute atomic E-state index is 0.222. The zero-order valence-electron chi connectivity index (χ0n) is 13.3. The molecule has 0 radical (unpaired) electrons. The number of carbonyl (C=O) groups is 1. The third-order valence-corrected chi connectivity index (χ3v) is 3.58. The standard InChI is InChI=1S/C18H16FN3O3/c19-14-6-4-13(5-7-14)18(24)20-10-2-11-22-17(23)9-8-15(21-22)16-3-1-12-25-16/h1,3-9,12H,2,10-11H2,(H,20,24). The van der Waals surface area contributed by atoms with Crippen molar-refractivity contribution >= 4 is 5.91 Å². The number of aromatic nitrogens is 2. The smallest absolute Gasteiger partial charge is 0.266 e. The van der Waals surface area contributed by atoms with Crippen molar-refractivity contribution in [2.45, 2.75) is 13.0 Å². The fraction of sp³-hybridized carbons (Fsp3) is 0.167. The first-order chi connectivity index (χ1) is 12.1. The summed E-state index contributed by atoms with van der Waals surface area (Å²) in [7, 11) is 0. The van der Waals surface area contributed by atoms with Gasteiger partial charge in [-0.3, -0.25) is 9.59 Å². The molecule has 0 atom stereocenters. The van der Waals surface area contributed by atoms with Crippen LogP contribution in [-0.2, 0) is 6.54 Å². The maximum absolute atomic E-state index is 12.8. The number of halogens is 1. The fourth-order valence-electron chi connectivity index (χ4n) is 2.30. The lowest BCUT2D eigenvalue weighted by molar-refractivity contribution is 0.0952. The molecule has 3 aromatic rings. The van der Waals surface area contributed by atoms with Gasteiger partial charge in [0.1, 0.15) is 11.5 Å². The second kappa shape index (κ2) is 7.57. The SMILES string of the molecule is O=C(NCCCn1nc(-c2ccco2)ccc1=O)c1ccc(F)cc1. The van der Waals surface area contributed by atoms with Gasteiger partial charge in [-0.05, 0) is 48.9 Å². The zero-order valence-corrected chi connectivity index (χ0v) is 13.3. The lowest BCUT2D eigenvalue weighted by atomic mass is 10.2. The summed E-state index contributed by atoms with van der Waals surface area (Å²) in [5.41, 5.74) is 0.733. The molecule has 6 nitrogen and oxygen atoms in total. The van der Waals surface area contributed by atoms with Crippen molar-refractivity contribution in [1.29, 1.82) is 0 Å². The zero-order chi connectivity index (χ0) is 17.6. The summed E-state index contributed by atoms with van der Waals surface area (Å²) in [6, 6.07) is 11.9. The van der Waals surface area contributed by atoms with Crippen molar-refractivity contribution in [1.82, 2.24) is 15.1 Å². The topological polar surface area (TPSA) is 77.1 Å². The van der Waals surface area contributed by atoms with Gasteiger partial charge in [-0.2, -0.15) is 5.10 Å². The van der Waals surface area contributed by atoms with Gasteiger partial charge in [-0.15, -0.1) is 0 Å². The molecule has 0 fully saturated rings. The highest BCUT2D eigenvalue weighted by atomic mass is 19.1. The Hall–Kier alpha value is -3.22. The lowest BCUT2D eigenvalue weighted by Crippen LogP contribution is -2.28. The molecule has 1 aromatic carbocycles. The third-order valence-electron chi connectivity index (χ3n) is 3.58. The van der Waals surface area contributed by atoms with Crippen LogP contribution in [0.2, 0.25) is 0 Å². The van der Waals surface area contributed by atoms with Crippen LogP contribution < -0.4 is 10.9 Å². The molecular formula is C18H16FN3O3. The third kappa shape index (κ3) is 4.20. The van der Waals surface area contributed by atoms with E-state index in [4.69, 9.17) is 4.42 Å². The number of furan rings is 1. The molecule has 0 aliphatic heterocycles. The quantitative estimate of drug-likeness (QED) is 0.699. The molecule has 25 heavy (non-hydrogen) atoms. The first kappa shape index (κ1) is 16.6. The number of carbonyl (C=O) groups excluding carboxylic acids is 1. The Morgan fingerprint density at radius 3 is 2.68 bits per heavy atom. The van der Waals surface area contributed by atoms with Gasteiger partial charge in [-0.25, -0.2) is 9.07 Å². The molecule has 3 rings (SSSR count). The van der Waals surface area contributed by atoms with Crippen LogP contribution in [0.25, 0.3) is 11.5 Å². The summed E-state index contributed by atoms with van der Waals surface area (Å²) < 4.78 is 19.4. The van der Waals surface area contributed by atoms with Crippen LogP contribution in [0.3, 0.4) is 0 Å². The second-order valence-electron chi connectivity index (χ2n) is 5.37. The Morgan fingerprint density at radius 1 is 1.16 bits per heavy atom. The minimum atomic E-state index is -0.390. The van der Waals surface area contributed by atoms with Crippen molar-refractivity contribution < 1.29 is 13.6 Å². The van der Waals surface area contributed by atoms with Crippen molar-refractivity contribution in [3.8, 4) is 11.5 Å². The highest BCUT2D eigenvalue weighted by molar-refractivity contribution is 5.94. The largest absolute Gasteiger partial charge is 0.463 e. The number of nitrogens with zero attached hydrogens (tertiary/aromatic N) is 2. The summed E-state index contributed by atoms with van der Waals surface area (Å²) in [5, 5.41) is 6.98. The summed E-state index contributed by atoms with van der Waals surface area (Å²) in [4.78, 5) is 23.8. The molecule has 0 bridgehead atoms. The second-order valence-corrected chi connectivity index (χ2v) is 5.37. The Balaban J connectivity index is 1.55. The average molecular weight is 341 g/mol. The molecule has 1 N–H and O–H groups in total. The van der Waals surface area contributed by atoms with Gasteiger partial charge in [0, 0.05) is 24.7 Å². The maximum Gasteiger partial charge on any atom is 0.266 e. The van der Waals surface area contributed by atoms with Crippen molar-refractivity contribution in [2.24, 2.45) is 0 Å². The molecule has 7 heteroatoms. The molecule has 0 aliphatic carbocycles. The average Bonchev–Trinajstić information content (AvgIpc) is 3.15. The molecule has 0 saturated carbocycles. The van der Waals surface area contributed by atoms with E-state index in [1.807, 2.05) is 0 Å². The van der Waals surface area contributed by atoms with E-state index in [-0.39, 0.29) is 11.5 Å². The summed E-state index contributed by atoms with van der Waals surface area (Å²) in [6.07, 6.45) is 2.07. The van der Waals surface area contributed by atoms with Gasteiger partial charge >= 0.3 is 0 Å². The van der Waals surface area contributed by atoms with Crippen LogP contribution in [0, 0.1) is 5.82 Å². The molecule has 0 unspecified atom stereocenters. The van der Waals surface area contributed by atoms with E-state index in [2.05, 4.69) is 10.4 Å². The van der Waals surface area contributed by atoms with Crippen molar-refractivity contribution in [3.05, 3.63) is 76.5 Å². The number of amides is 1. The van der Waals surface area contributed by atoms with Crippen LogP contribution >= 0.6 is 0 Å². The first-order valence-corrected chi connectivity index (χ1v) is 7.79. The van der Waals surface area contributed by atoms with E-state index < -0.39 is 5.82 Å². The molecule has 0 aliphatic rings. The van der Waals surface area contributed by atoms with E-state index in [1.165, 1.54) is 41.3 Å². The number of rotatable bonds is 6. The summed E-state index contributed by atoms with van der Waals surface area (Å²) >= 11 is 0. The number of aryl methyl sites for hydroxylation is 1.